The molecule has 0 unspecified atom stereocenters. The maximum absolute atomic E-state index is 13.6. The highest BCUT2D eigenvalue weighted by Crippen LogP contribution is 2.32. The number of nitrogens with one attached hydrogen (secondary N) is 2. The third-order valence-corrected chi connectivity index (χ3v) is 6.00. The van der Waals surface area contributed by atoms with E-state index in [4.69, 9.17) is 14.7 Å². The molecule has 0 aliphatic carbocycles. The quantitative estimate of drug-likeness (QED) is 0.277. The topological polar surface area (TPSA) is 83.4 Å². The molecular weight excluding hydrogens is 462 g/mol. The lowest BCUT2D eigenvalue weighted by atomic mass is 10.0. The van der Waals surface area contributed by atoms with E-state index in [-0.39, 0.29) is 11.9 Å². The predicted molar refractivity (Wildman–Crippen MR) is 144 cm³/mol. The molecule has 186 valence electrons. The first-order chi connectivity index (χ1) is 18.1. The number of hydrogen-bond donors (Lipinski definition) is 2. The second-order valence-corrected chi connectivity index (χ2v) is 8.59. The van der Waals surface area contributed by atoms with Gasteiger partial charge in [0.25, 0.3) is 0 Å². The van der Waals surface area contributed by atoms with Gasteiger partial charge < -0.3 is 20.1 Å². The molecule has 0 saturated heterocycles. The van der Waals surface area contributed by atoms with Crippen molar-refractivity contribution in [1.82, 2.24) is 5.32 Å². The fourth-order valence-electron chi connectivity index (χ4n) is 3.95. The van der Waals surface area contributed by atoms with Crippen molar-refractivity contribution in [3.8, 4) is 17.6 Å². The SMILES string of the molecule is COc1cc([C@H](Nc2ccc(C#N)cc2)C(=O)N[C@@H](C)c2ccccc2)ccc1OCc1ccccc1. The number of methoxy groups -OCH3 is 1. The van der Waals surface area contributed by atoms with Crippen LogP contribution in [-0.2, 0) is 11.4 Å². The lowest BCUT2D eigenvalue weighted by Crippen LogP contribution is -2.35. The first-order valence-electron chi connectivity index (χ1n) is 12.0. The van der Waals surface area contributed by atoms with Gasteiger partial charge in [0.15, 0.2) is 11.5 Å². The molecule has 0 saturated carbocycles. The summed E-state index contributed by atoms with van der Waals surface area (Å²) in [7, 11) is 1.58. The van der Waals surface area contributed by atoms with Gasteiger partial charge >= 0.3 is 0 Å². The molecule has 4 rings (SSSR count). The molecule has 0 aliphatic heterocycles. The van der Waals surface area contributed by atoms with Crippen LogP contribution in [0.5, 0.6) is 11.5 Å². The Morgan fingerprint density at radius 2 is 1.54 bits per heavy atom. The summed E-state index contributed by atoms with van der Waals surface area (Å²) < 4.78 is 11.6. The molecule has 0 spiro atoms. The van der Waals surface area contributed by atoms with Crippen molar-refractivity contribution in [2.45, 2.75) is 25.6 Å². The van der Waals surface area contributed by atoms with Crippen LogP contribution in [0.1, 0.15) is 41.3 Å². The number of carbonyl (C=O) groups excluding carboxylic acids is 1. The summed E-state index contributed by atoms with van der Waals surface area (Å²) in [5.74, 6) is 0.926. The van der Waals surface area contributed by atoms with Crippen molar-refractivity contribution in [2.24, 2.45) is 0 Å². The molecule has 2 atom stereocenters. The van der Waals surface area contributed by atoms with Gasteiger partial charge in [-0.1, -0.05) is 66.7 Å². The van der Waals surface area contributed by atoms with E-state index in [1.807, 2.05) is 85.8 Å². The van der Waals surface area contributed by atoms with Crippen LogP contribution in [0, 0.1) is 11.3 Å². The van der Waals surface area contributed by atoms with Crippen LogP contribution in [0.15, 0.2) is 103 Å². The Morgan fingerprint density at radius 1 is 0.865 bits per heavy atom. The third-order valence-electron chi connectivity index (χ3n) is 6.00. The van der Waals surface area contributed by atoms with Crippen LogP contribution in [0.3, 0.4) is 0 Å². The number of nitrogens with zero attached hydrogens (tertiary/aromatic N) is 1. The molecule has 6 heteroatoms. The number of anilines is 1. The van der Waals surface area contributed by atoms with E-state index < -0.39 is 6.04 Å². The Balaban J connectivity index is 1.59. The van der Waals surface area contributed by atoms with E-state index in [1.165, 1.54) is 0 Å². The lowest BCUT2D eigenvalue weighted by Gasteiger charge is -2.24. The maximum atomic E-state index is 13.6. The zero-order valence-electron chi connectivity index (χ0n) is 20.8. The molecule has 2 N–H and O–H groups in total. The van der Waals surface area contributed by atoms with Gasteiger partial charge in [0.05, 0.1) is 24.8 Å². The summed E-state index contributed by atoms with van der Waals surface area (Å²) in [6, 6.07) is 33.4. The van der Waals surface area contributed by atoms with E-state index in [1.54, 1.807) is 31.4 Å². The van der Waals surface area contributed by atoms with Crippen LogP contribution < -0.4 is 20.1 Å². The van der Waals surface area contributed by atoms with E-state index in [9.17, 15) is 4.79 Å². The minimum atomic E-state index is -0.712. The second kappa shape index (κ2) is 12.3. The average Bonchev–Trinajstić information content (AvgIpc) is 2.96. The predicted octanol–water partition coefficient (Wildman–Crippen LogP) is 6.18. The Bertz CT molecular complexity index is 1350. The van der Waals surface area contributed by atoms with Crippen LogP contribution in [-0.4, -0.2) is 13.0 Å². The van der Waals surface area contributed by atoms with Gasteiger partial charge in [-0.2, -0.15) is 5.26 Å². The standard InChI is InChI=1S/C31H29N3O3/c1-22(25-11-7-4-8-12-25)33-31(35)30(34-27-16-13-23(20-32)14-17-27)26-15-18-28(29(19-26)36-2)37-21-24-9-5-3-6-10-24/h3-19,22,30,34H,21H2,1-2H3,(H,33,35)/t22-,30-/m0/s1. The van der Waals surface area contributed by atoms with Crippen molar-refractivity contribution >= 4 is 11.6 Å². The van der Waals surface area contributed by atoms with Crippen molar-refractivity contribution in [3.63, 3.8) is 0 Å². The number of amides is 1. The Hall–Kier alpha value is -4.76. The smallest absolute Gasteiger partial charge is 0.247 e. The van der Waals surface area contributed by atoms with Gasteiger partial charge in [-0.3, -0.25) is 4.79 Å². The molecule has 37 heavy (non-hydrogen) atoms. The molecule has 0 fully saturated rings. The summed E-state index contributed by atoms with van der Waals surface area (Å²) in [6.07, 6.45) is 0. The second-order valence-electron chi connectivity index (χ2n) is 8.59. The average molecular weight is 492 g/mol. The fraction of sp³-hybridized carbons (Fsp3) is 0.161. The van der Waals surface area contributed by atoms with Gasteiger partial charge in [0.2, 0.25) is 5.91 Å². The molecule has 0 heterocycles. The van der Waals surface area contributed by atoms with Gasteiger partial charge in [-0.15, -0.1) is 0 Å². The zero-order valence-corrected chi connectivity index (χ0v) is 20.8. The molecule has 4 aromatic carbocycles. The van der Waals surface area contributed by atoms with Crippen LogP contribution in [0.4, 0.5) is 5.69 Å². The lowest BCUT2D eigenvalue weighted by molar-refractivity contribution is -0.122. The maximum Gasteiger partial charge on any atom is 0.247 e. The van der Waals surface area contributed by atoms with Crippen LogP contribution in [0.2, 0.25) is 0 Å². The molecule has 0 aromatic heterocycles. The van der Waals surface area contributed by atoms with Gasteiger partial charge in [0.1, 0.15) is 12.6 Å². The number of nitriles is 1. The fourth-order valence-corrected chi connectivity index (χ4v) is 3.95. The van der Waals surface area contributed by atoms with Gasteiger partial charge in [0, 0.05) is 5.69 Å². The van der Waals surface area contributed by atoms with Crippen LogP contribution in [0.25, 0.3) is 0 Å². The molecule has 1 amide bonds. The van der Waals surface area contributed by atoms with E-state index in [2.05, 4.69) is 16.7 Å². The first-order valence-corrected chi connectivity index (χ1v) is 12.0. The number of rotatable bonds is 10. The summed E-state index contributed by atoms with van der Waals surface area (Å²) in [5, 5.41) is 15.5. The van der Waals surface area contributed by atoms with Crippen molar-refractivity contribution in [3.05, 3.63) is 125 Å². The van der Waals surface area contributed by atoms with Crippen LogP contribution >= 0.6 is 0 Å². The highest BCUT2D eigenvalue weighted by Gasteiger charge is 2.24. The number of benzene rings is 4. The monoisotopic (exact) mass is 491 g/mol. The molecule has 4 aromatic rings. The molecule has 6 nitrogen and oxygen atoms in total. The molecular formula is C31H29N3O3. The Morgan fingerprint density at radius 3 is 2.19 bits per heavy atom. The molecule has 0 radical (unpaired) electrons. The van der Waals surface area contributed by atoms with Gasteiger partial charge in [-0.25, -0.2) is 0 Å². The minimum absolute atomic E-state index is 0.186. The Kier molecular flexibility index (Phi) is 8.41. The zero-order chi connectivity index (χ0) is 26.0. The highest BCUT2D eigenvalue weighted by atomic mass is 16.5. The van der Waals surface area contributed by atoms with Crippen molar-refractivity contribution in [2.75, 3.05) is 12.4 Å². The highest BCUT2D eigenvalue weighted by molar-refractivity contribution is 5.86. The normalized spacial score (nSPS) is 12.0. The van der Waals surface area contributed by atoms with E-state index in [0.717, 1.165) is 16.8 Å². The molecule has 0 aliphatic rings. The Labute approximate surface area is 217 Å². The third kappa shape index (κ3) is 6.68. The minimum Gasteiger partial charge on any atom is -0.493 e. The van der Waals surface area contributed by atoms with Gasteiger partial charge in [-0.05, 0) is 60.0 Å². The van der Waals surface area contributed by atoms with E-state index in [0.29, 0.717) is 29.2 Å². The first kappa shape index (κ1) is 25.3. The molecule has 0 bridgehead atoms. The van der Waals surface area contributed by atoms with Crippen molar-refractivity contribution in [1.29, 1.82) is 5.26 Å². The summed E-state index contributed by atoms with van der Waals surface area (Å²) in [4.78, 5) is 13.6. The van der Waals surface area contributed by atoms with Crippen molar-refractivity contribution < 1.29 is 14.3 Å². The summed E-state index contributed by atoms with van der Waals surface area (Å²) in [5.41, 5.74) is 4.03. The largest absolute Gasteiger partial charge is 0.493 e. The number of ether oxygens (including phenoxy) is 2. The number of hydrogen-bond acceptors (Lipinski definition) is 5. The van der Waals surface area contributed by atoms with E-state index >= 15 is 0 Å². The number of carbonyl (C=O) groups is 1. The summed E-state index contributed by atoms with van der Waals surface area (Å²) >= 11 is 0. The summed E-state index contributed by atoms with van der Waals surface area (Å²) in [6.45, 7) is 2.35.